The quantitative estimate of drug-likeness (QED) is 0.300. The van der Waals surface area contributed by atoms with E-state index in [-0.39, 0.29) is 17.5 Å². The molecule has 0 bridgehead atoms. The Labute approximate surface area is 213 Å². The molecule has 0 spiro atoms. The Morgan fingerprint density at radius 3 is 2.22 bits per heavy atom. The van der Waals surface area contributed by atoms with Crippen LogP contribution in [0.3, 0.4) is 0 Å². The van der Waals surface area contributed by atoms with Gasteiger partial charge < -0.3 is 18.6 Å². The third-order valence-electron chi connectivity index (χ3n) is 5.79. The molecular weight excluding hydrogens is 505 g/mol. The molecular formula is C24H26FN5O6S. The Bertz CT molecular complexity index is 1460. The fourth-order valence-corrected chi connectivity index (χ4v) is 5.31. The van der Waals surface area contributed by atoms with E-state index in [1.54, 1.807) is 37.3 Å². The standard InChI is InChI=1S/C24H26FN5O6S/c1-14-9-10-19(36-14)24-29-28-20(30(24)21-17(33-3)7-6-8-18(21)34-4)13-37(31,32)15(2)22(35-5)23-26-11-16(25)12-27-23/h6-12,15,22H,13H2,1-5H3/t15-,22-/m1/s1. The molecule has 1 aromatic carbocycles. The Morgan fingerprint density at radius 2 is 1.68 bits per heavy atom. The van der Waals surface area contributed by atoms with E-state index in [0.29, 0.717) is 28.7 Å². The van der Waals surface area contributed by atoms with E-state index in [9.17, 15) is 12.8 Å². The number of hydrogen-bond donors (Lipinski definition) is 0. The molecule has 0 aliphatic rings. The first-order valence-corrected chi connectivity index (χ1v) is 12.9. The van der Waals surface area contributed by atoms with E-state index in [4.69, 9.17) is 18.6 Å². The van der Waals surface area contributed by atoms with Gasteiger partial charge in [0.15, 0.2) is 33.1 Å². The van der Waals surface area contributed by atoms with Crippen LogP contribution in [-0.4, -0.2) is 59.7 Å². The Kier molecular flexibility index (Phi) is 7.55. The minimum absolute atomic E-state index is 0.0413. The fraction of sp³-hybridized carbons (Fsp3) is 0.333. The number of rotatable bonds is 10. The number of methoxy groups -OCH3 is 3. The number of benzene rings is 1. The summed E-state index contributed by atoms with van der Waals surface area (Å²) in [5, 5.41) is 7.35. The van der Waals surface area contributed by atoms with Gasteiger partial charge in [-0.05, 0) is 38.1 Å². The van der Waals surface area contributed by atoms with Crippen LogP contribution in [0.4, 0.5) is 4.39 Å². The van der Waals surface area contributed by atoms with E-state index in [1.807, 2.05) is 0 Å². The van der Waals surface area contributed by atoms with Crippen molar-refractivity contribution in [3.05, 3.63) is 66.0 Å². The van der Waals surface area contributed by atoms with Crippen molar-refractivity contribution in [2.45, 2.75) is 31.0 Å². The minimum atomic E-state index is -3.95. The normalized spacial score (nSPS) is 13.4. The summed E-state index contributed by atoms with van der Waals surface area (Å²) < 4.78 is 64.4. The van der Waals surface area contributed by atoms with Crippen LogP contribution in [0.2, 0.25) is 0 Å². The lowest BCUT2D eigenvalue weighted by Crippen LogP contribution is -2.30. The topological polar surface area (TPSA) is 131 Å². The van der Waals surface area contributed by atoms with E-state index in [2.05, 4.69) is 20.2 Å². The predicted octanol–water partition coefficient (Wildman–Crippen LogP) is 3.47. The first kappa shape index (κ1) is 26.2. The average molecular weight is 532 g/mol. The van der Waals surface area contributed by atoms with Gasteiger partial charge in [-0.2, -0.15) is 0 Å². The highest BCUT2D eigenvalue weighted by Crippen LogP contribution is 2.37. The van der Waals surface area contributed by atoms with Gasteiger partial charge in [0.2, 0.25) is 5.82 Å². The molecule has 11 nitrogen and oxygen atoms in total. The zero-order valence-corrected chi connectivity index (χ0v) is 21.7. The minimum Gasteiger partial charge on any atom is -0.494 e. The summed E-state index contributed by atoms with van der Waals surface area (Å²) in [6.07, 6.45) is 0.862. The molecule has 0 unspecified atom stereocenters. The van der Waals surface area contributed by atoms with Crippen molar-refractivity contribution in [2.24, 2.45) is 0 Å². The number of para-hydroxylation sites is 1. The third kappa shape index (κ3) is 5.18. The molecule has 0 radical (unpaired) electrons. The lowest BCUT2D eigenvalue weighted by Gasteiger charge is -2.22. The maximum absolute atomic E-state index is 13.6. The second-order valence-corrected chi connectivity index (χ2v) is 10.5. The van der Waals surface area contributed by atoms with E-state index < -0.39 is 32.8 Å². The monoisotopic (exact) mass is 531 g/mol. The Balaban J connectivity index is 1.82. The largest absolute Gasteiger partial charge is 0.494 e. The zero-order valence-electron chi connectivity index (χ0n) is 20.9. The van der Waals surface area contributed by atoms with Gasteiger partial charge in [-0.1, -0.05) is 6.07 Å². The number of sulfone groups is 1. The van der Waals surface area contributed by atoms with Crippen LogP contribution < -0.4 is 9.47 Å². The van der Waals surface area contributed by atoms with Crippen molar-refractivity contribution in [1.29, 1.82) is 0 Å². The molecule has 4 aromatic rings. The maximum atomic E-state index is 13.6. The molecule has 37 heavy (non-hydrogen) atoms. The van der Waals surface area contributed by atoms with Crippen molar-refractivity contribution in [3.63, 3.8) is 0 Å². The molecule has 3 heterocycles. The summed E-state index contributed by atoms with van der Waals surface area (Å²) >= 11 is 0. The molecule has 0 aliphatic heterocycles. The fourth-order valence-electron chi connectivity index (χ4n) is 3.89. The Hall–Kier alpha value is -3.84. The van der Waals surface area contributed by atoms with Gasteiger partial charge in [-0.3, -0.25) is 4.57 Å². The van der Waals surface area contributed by atoms with Crippen LogP contribution in [0, 0.1) is 12.7 Å². The van der Waals surface area contributed by atoms with Crippen molar-refractivity contribution in [3.8, 4) is 28.8 Å². The van der Waals surface area contributed by atoms with Gasteiger partial charge in [0.25, 0.3) is 0 Å². The van der Waals surface area contributed by atoms with Crippen LogP contribution in [0.15, 0.2) is 47.1 Å². The molecule has 0 saturated carbocycles. The lowest BCUT2D eigenvalue weighted by molar-refractivity contribution is 0.0946. The second kappa shape index (κ2) is 10.6. The molecule has 196 valence electrons. The first-order valence-electron chi connectivity index (χ1n) is 11.1. The predicted molar refractivity (Wildman–Crippen MR) is 131 cm³/mol. The number of ether oxygens (including phenoxy) is 3. The van der Waals surface area contributed by atoms with Crippen LogP contribution in [0.25, 0.3) is 17.3 Å². The highest BCUT2D eigenvalue weighted by atomic mass is 32.2. The summed E-state index contributed by atoms with van der Waals surface area (Å²) in [7, 11) is 0.365. The SMILES string of the molecule is COc1cccc(OC)c1-n1c(CS(=O)(=O)[C@H](C)[C@@H](OC)c2ncc(F)cn2)nnc1-c1ccc(C)o1. The summed E-state index contributed by atoms with van der Waals surface area (Å²) in [6, 6.07) is 8.64. The van der Waals surface area contributed by atoms with Gasteiger partial charge in [-0.15, -0.1) is 10.2 Å². The van der Waals surface area contributed by atoms with Gasteiger partial charge in [0, 0.05) is 7.11 Å². The molecule has 4 rings (SSSR count). The van der Waals surface area contributed by atoms with Crippen LogP contribution in [0.1, 0.15) is 30.4 Å². The van der Waals surface area contributed by atoms with E-state index in [1.165, 1.54) is 32.8 Å². The highest BCUT2D eigenvalue weighted by molar-refractivity contribution is 7.91. The van der Waals surface area contributed by atoms with E-state index >= 15 is 0 Å². The molecule has 0 saturated heterocycles. The van der Waals surface area contributed by atoms with Gasteiger partial charge in [0.05, 0.1) is 31.9 Å². The molecule has 13 heteroatoms. The average Bonchev–Trinajstić information content (AvgIpc) is 3.50. The van der Waals surface area contributed by atoms with Crippen LogP contribution in [-0.2, 0) is 20.3 Å². The molecule has 3 aromatic heterocycles. The smallest absolute Gasteiger partial charge is 0.204 e. The number of halogens is 1. The van der Waals surface area contributed by atoms with Crippen molar-refractivity contribution >= 4 is 9.84 Å². The summed E-state index contributed by atoms with van der Waals surface area (Å²) in [5.41, 5.74) is 0.407. The van der Waals surface area contributed by atoms with Gasteiger partial charge in [0.1, 0.15) is 34.8 Å². The molecule has 0 aliphatic carbocycles. The summed E-state index contributed by atoms with van der Waals surface area (Å²) in [6.45, 7) is 3.25. The third-order valence-corrected chi connectivity index (χ3v) is 7.83. The lowest BCUT2D eigenvalue weighted by atomic mass is 10.2. The molecule has 0 N–H and O–H groups in total. The van der Waals surface area contributed by atoms with Crippen LogP contribution >= 0.6 is 0 Å². The van der Waals surface area contributed by atoms with Gasteiger partial charge in [-0.25, -0.2) is 22.8 Å². The number of aromatic nitrogens is 5. The summed E-state index contributed by atoms with van der Waals surface area (Å²) in [5.74, 6) is 1.06. The van der Waals surface area contributed by atoms with E-state index in [0.717, 1.165) is 12.4 Å². The number of nitrogens with zero attached hydrogens (tertiary/aromatic N) is 5. The highest BCUT2D eigenvalue weighted by Gasteiger charge is 2.35. The first-order chi connectivity index (χ1) is 17.7. The van der Waals surface area contributed by atoms with Crippen LogP contribution in [0.5, 0.6) is 11.5 Å². The number of hydrogen-bond acceptors (Lipinski definition) is 10. The second-order valence-electron chi connectivity index (χ2n) is 8.12. The maximum Gasteiger partial charge on any atom is 0.204 e. The van der Waals surface area contributed by atoms with Crippen molar-refractivity contribution in [2.75, 3.05) is 21.3 Å². The number of aryl methyl sites for hydroxylation is 1. The summed E-state index contributed by atoms with van der Waals surface area (Å²) in [4.78, 5) is 7.79. The van der Waals surface area contributed by atoms with Crippen molar-refractivity contribution < 1.29 is 31.4 Å². The number of furan rings is 1. The molecule has 0 amide bonds. The Morgan fingerprint density at radius 1 is 1.03 bits per heavy atom. The molecule has 0 fully saturated rings. The van der Waals surface area contributed by atoms with Gasteiger partial charge >= 0.3 is 0 Å². The van der Waals surface area contributed by atoms with Crippen molar-refractivity contribution in [1.82, 2.24) is 24.7 Å². The zero-order chi connectivity index (χ0) is 26.7. The molecule has 2 atom stereocenters.